The Hall–Kier alpha value is -0.780. The Balaban J connectivity index is 2.48. The molecule has 1 heterocycles. The van der Waals surface area contributed by atoms with Crippen LogP contribution in [0.4, 0.5) is 13.2 Å². The molecule has 0 aromatic carbocycles. The van der Waals surface area contributed by atoms with Crippen LogP contribution < -0.4 is 5.32 Å². The van der Waals surface area contributed by atoms with Gasteiger partial charge < -0.3 is 10.2 Å². The van der Waals surface area contributed by atoms with Crippen molar-refractivity contribution in [2.45, 2.75) is 44.8 Å². The molecule has 100 valence electrons. The highest BCUT2D eigenvalue weighted by atomic mass is 19.4. The molecule has 1 saturated heterocycles. The smallest absolute Gasteiger partial charge is 0.341 e. The van der Waals surface area contributed by atoms with Crippen molar-refractivity contribution >= 4 is 5.91 Å². The van der Waals surface area contributed by atoms with E-state index in [1.54, 1.807) is 0 Å². The van der Waals surface area contributed by atoms with Crippen molar-refractivity contribution in [1.29, 1.82) is 0 Å². The predicted molar refractivity (Wildman–Crippen MR) is 58.6 cm³/mol. The first-order valence-corrected chi connectivity index (χ1v) is 6.00. The molecule has 17 heavy (non-hydrogen) atoms. The van der Waals surface area contributed by atoms with Gasteiger partial charge in [0.2, 0.25) is 5.91 Å². The van der Waals surface area contributed by atoms with Gasteiger partial charge in [-0.2, -0.15) is 13.2 Å². The lowest BCUT2D eigenvalue weighted by molar-refractivity contribution is -0.161. The molecular formula is C11H19F3N2O. The van der Waals surface area contributed by atoms with Gasteiger partial charge in [-0.1, -0.05) is 6.92 Å². The maximum Gasteiger partial charge on any atom is 0.397 e. The highest BCUT2D eigenvalue weighted by Gasteiger charge is 2.34. The highest BCUT2D eigenvalue weighted by Crippen LogP contribution is 2.21. The summed E-state index contributed by atoms with van der Waals surface area (Å²) >= 11 is 0. The highest BCUT2D eigenvalue weighted by molar-refractivity contribution is 5.76. The number of alkyl halides is 3. The molecule has 0 aliphatic carbocycles. The van der Waals surface area contributed by atoms with Gasteiger partial charge in [-0.25, -0.2) is 0 Å². The van der Waals surface area contributed by atoms with Crippen LogP contribution in [0.1, 0.15) is 32.6 Å². The van der Waals surface area contributed by atoms with Crippen molar-refractivity contribution in [3.05, 3.63) is 0 Å². The fourth-order valence-corrected chi connectivity index (χ4v) is 2.05. The fourth-order valence-electron chi connectivity index (χ4n) is 2.05. The quantitative estimate of drug-likeness (QED) is 0.811. The summed E-state index contributed by atoms with van der Waals surface area (Å²) in [4.78, 5) is 12.8. The zero-order valence-electron chi connectivity index (χ0n) is 10.0. The van der Waals surface area contributed by atoms with Crippen LogP contribution in [-0.2, 0) is 4.79 Å². The summed E-state index contributed by atoms with van der Waals surface area (Å²) in [7, 11) is 0. The Labute approximate surface area is 99.4 Å². The summed E-state index contributed by atoms with van der Waals surface area (Å²) in [6.45, 7) is 3.53. The number of carbonyl (C=O) groups excluding carboxylic acids is 1. The maximum absolute atomic E-state index is 12.2. The largest absolute Gasteiger partial charge is 0.397 e. The Morgan fingerprint density at radius 2 is 2.18 bits per heavy atom. The monoisotopic (exact) mass is 252 g/mol. The molecule has 0 bridgehead atoms. The molecule has 6 heteroatoms. The van der Waals surface area contributed by atoms with Crippen LogP contribution in [0, 0.1) is 0 Å². The third kappa shape index (κ3) is 5.39. The van der Waals surface area contributed by atoms with Gasteiger partial charge in [-0.3, -0.25) is 4.79 Å². The molecule has 0 radical (unpaired) electrons. The van der Waals surface area contributed by atoms with E-state index in [0.29, 0.717) is 19.5 Å². The van der Waals surface area contributed by atoms with Crippen LogP contribution in [-0.4, -0.2) is 42.7 Å². The average molecular weight is 252 g/mol. The first-order valence-electron chi connectivity index (χ1n) is 6.00. The molecule has 1 fully saturated rings. The average Bonchev–Trinajstić information content (AvgIpc) is 2.67. The van der Waals surface area contributed by atoms with Crippen LogP contribution in [0.5, 0.6) is 0 Å². The van der Waals surface area contributed by atoms with E-state index in [4.69, 9.17) is 0 Å². The third-order valence-electron chi connectivity index (χ3n) is 2.80. The predicted octanol–water partition coefficient (Wildman–Crippen LogP) is 1.93. The lowest BCUT2D eigenvalue weighted by atomic mass is 10.2. The topological polar surface area (TPSA) is 32.3 Å². The second kappa shape index (κ2) is 6.23. The number of carbonyl (C=O) groups is 1. The molecule has 0 spiro atoms. The van der Waals surface area contributed by atoms with E-state index in [1.807, 2.05) is 6.92 Å². The fraction of sp³-hybridized carbons (Fsp3) is 0.909. The van der Waals surface area contributed by atoms with Crippen molar-refractivity contribution in [3.8, 4) is 0 Å². The number of rotatable bonds is 5. The van der Waals surface area contributed by atoms with E-state index in [-0.39, 0.29) is 6.04 Å². The van der Waals surface area contributed by atoms with Crippen molar-refractivity contribution in [3.63, 3.8) is 0 Å². The summed E-state index contributed by atoms with van der Waals surface area (Å²) < 4.78 is 36.5. The Kier molecular flexibility index (Phi) is 5.24. The zero-order chi connectivity index (χ0) is 12.9. The summed E-state index contributed by atoms with van der Waals surface area (Å²) in [6.07, 6.45) is -3.13. The van der Waals surface area contributed by atoms with Crippen LogP contribution in [0.25, 0.3) is 0 Å². The van der Waals surface area contributed by atoms with Gasteiger partial charge >= 0.3 is 6.18 Å². The van der Waals surface area contributed by atoms with E-state index in [9.17, 15) is 18.0 Å². The molecule has 1 rings (SSSR count). The minimum absolute atomic E-state index is 0.152. The molecule has 0 saturated carbocycles. The SMILES string of the molecule is CCCN(CC1CCCN1)C(=O)CC(F)(F)F. The minimum Gasteiger partial charge on any atom is -0.341 e. The lowest BCUT2D eigenvalue weighted by Gasteiger charge is -2.26. The van der Waals surface area contributed by atoms with Gasteiger partial charge in [0.15, 0.2) is 0 Å². The zero-order valence-corrected chi connectivity index (χ0v) is 10.0. The number of hydrogen-bond donors (Lipinski definition) is 1. The molecule has 1 atom stereocenters. The van der Waals surface area contributed by atoms with Crippen LogP contribution in [0.2, 0.25) is 0 Å². The number of halogens is 3. The standard InChI is InChI=1S/C11H19F3N2O/c1-2-6-16(8-9-4-3-5-15-9)10(17)7-11(12,13)14/h9,15H,2-8H2,1H3. The van der Waals surface area contributed by atoms with Crippen LogP contribution >= 0.6 is 0 Å². The Morgan fingerprint density at radius 3 is 2.65 bits per heavy atom. The van der Waals surface area contributed by atoms with Crippen molar-refractivity contribution in [1.82, 2.24) is 10.2 Å². The third-order valence-corrected chi connectivity index (χ3v) is 2.80. The van der Waals surface area contributed by atoms with Gasteiger partial charge in [-0.15, -0.1) is 0 Å². The van der Waals surface area contributed by atoms with Gasteiger partial charge in [-0.05, 0) is 25.8 Å². The summed E-state index contributed by atoms with van der Waals surface area (Å²) in [5.41, 5.74) is 0. The van der Waals surface area contributed by atoms with Crippen LogP contribution in [0.3, 0.4) is 0 Å². The van der Waals surface area contributed by atoms with Gasteiger partial charge in [0.05, 0.1) is 0 Å². The van der Waals surface area contributed by atoms with E-state index in [1.165, 1.54) is 4.90 Å². The number of nitrogens with zero attached hydrogens (tertiary/aromatic N) is 1. The van der Waals surface area contributed by atoms with E-state index in [0.717, 1.165) is 19.4 Å². The second-order valence-corrected chi connectivity index (χ2v) is 4.42. The molecule has 1 amide bonds. The first kappa shape index (κ1) is 14.3. The van der Waals surface area contributed by atoms with Crippen molar-refractivity contribution in [2.75, 3.05) is 19.6 Å². The van der Waals surface area contributed by atoms with Crippen LogP contribution in [0.15, 0.2) is 0 Å². The van der Waals surface area contributed by atoms with E-state index < -0.39 is 18.5 Å². The van der Waals surface area contributed by atoms with E-state index in [2.05, 4.69) is 5.32 Å². The Bertz CT molecular complexity index is 250. The summed E-state index contributed by atoms with van der Waals surface area (Å²) in [6, 6.07) is 0.152. The molecule has 1 N–H and O–H groups in total. The van der Waals surface area contributed by atoms with E-state index >= 15 is 0 Å². The second-order valence-electron chi connectivity index (χ2n) is 4.42. The maximum atomic E-state index is 12.2. The molecular weight excluding hydrogens is 233 g/mol. The summed E-state index contributed by atoms with van der Waals surface area (Å²) in [5, 5.41) is 3.19. The van der Waals surface area contributed by atoms with Gasteiger partial charge in [0, 0.05) is 19.1 Å². The number of amides is 1. The minimum atomic E-state index is -4.41. The van der Waals surface area contributed by atoms with Gasteiger partial charge in [0.1, 0.15) is 6.42 Å². The van der Waals surface area contributed by atoms with Crippen molar-refractivity contribution < 1.29 is 18.0 Å². The molecule has 1 unspecified atom stereocenters. The lowest BCUT2D eigenvalue weighted by Crippen LogP contribution is -2.42. The normalized spacial score (nSPS) is 20.6. The molecule has 1 aliphatic rings. The first-order chi connectivity index (χ1) is 7.92. The molecule has 0 aromatic heterocycles. The number of hydrogen-bond acceptors (Lipinski definition) is 2. The summed E-state index contributed by atoms with van der Waals surface area (Å²) in [5.74, 6) is -0.812. The number of nitrogens with one attached hydrogen (secondary N) is 1. The molecule has 3 nitrogen and oxygen atoms in total. The molecule has 0 aromatic rings. The Morgan fingerprint density at radius 1 is 1.47 bits per heavy atom. The van der Waals surface area contributed by atoms with Gasteiger partial charge in [0.25, 0.3) is 0 Å². The van der Waals surface area contributed by atoms with Crippen molar-refractivity contribution in [2.24, 2.45) is 0 Å². The molecule has 1 aliphatic heterocycles.